The molecule has 0 saturated carbocycles. The topological polar surface area (TPSA) is 39.1 Å². The molecule has 0 radical (unpaired) electrons. The van der Waals surface area contributed by atoms with Crippen LogP contribution >= 0.6 is 11.6 Å². The zero-order valence-corrected chi connectivity index (χ0v) is 9.89. The second-order valence-electron chi connectivity index (χ2n) is 4.00. The van der Waals surface area contributed by atoms with E-state index in [-0.39, 0.29) is 6.10 Å². The lowest BCUT2D eigenvalue weighted by atomic mass is 10.2. The van der Waals surface area contributed by atoms with Gasteiger partial charge in [-0.3, -0.25) is 0 Å². The summed E-state index contributed by atoms with van der Waals surface area (Å²) in [6, 6.07) is 7.55. The van der Waals surface area contributed by atoms with Crippen LogP contribution in [0, 0.1) is 0 Å². The molecule has 1 aromatic carbocycles. The van der Waals surface area contributed by atoms with E-state index < -0.39 is 0 Å². The van der Waals surface area contributed by atoms with Crippen molar-refractivity contribution in [3.8, 4) is 11.4 Å². The number of hydrogen-bond acceptors (Lipinski definition) is 3. The number of ether oxygens (including phenoxy) is 1. The van der Waals surface area contributed by atoms with Crippen molar-refractivity contribution in [3.05, 3.63) is 41.7 Å². The average Bonchev–Trinajstić information content (AvgIpc) is 2.72. The smallest absolute Gasteiger partial charge is 0.158 e. The molecule has 3 rings (SSSR count). The monoisotopic (exact) mass is 249 g/mol. The number of nitrogens with one attached hydrogen (secondary N) is 1. The number of benzene rings is 1. The summed E-state index contributed by atoms with van der Waals surface area (Å²) in [4.78, 5) is 0. The second kappa shape index (κ2) is 4.39. The normalized spacial score (nSPS) is 15.6. The summed E-state index contributed by atoms with van der Waals surface area (Å²) in [5.41, 5.74) is 0.930. The van der Waals surface area contributed by atoms with Gasteiger partial charge in [-0.1, -0.05) is 17.7 Å². The van der Waals surface area contributed by atoms with E-state index in [9.17, 15) is 0 Å². The highest BCUT2D eigenvalue weighted by Gasteiger charge is 2.18. The lowest BCUT2D eigenvalue weighted by Gasteiger charge is -2.26. The molecule has 5 heteroatoms. The molecular formula is C12H12ClN3O. The Balaban J connectivity index is 1.79. The van der Waals surface area contributed by atoms with Gasteiger partial charge in [-0.15, -0.1) is 0 Å². The molecule has 0 amide bonds. The van der Waals surface area contributed by atoms with Gasteiger partial charge in [0.2, 0.25) is 0 Å². The minimum atomic E-state index is 0.270. The van der Waals surface area contributed by atoms with Gasteiger partial charge < -0.3 is 10.1 Å². The van der Waals surface area contributed by atoms with Gasteiger partial charge in [-0.2, -0.15) is 5.10 Å². The summed E-state index contributed by atoms with van der Waals surface area (Å²) in [6.07, 6.45) is 3.86. The van der Waals surface area contributed by atoms with E-state index in [1.54, 1.807) is 10.9 Å². The van der Waals surface area contributed by atoms with Crippen LogP contribution in [0.1, 0.15) is 0 Å². The molecule has 1 aromatic heterocycles. The largest absolute Gasteiger partial charge is 0.484 e. The highest BCUT2D eigenvalue weighted by atomic mass is 35.5. The lowest BCUT2D eigenvalue weighted by Crippen LogP contribution is -2.50. The third-order valence-electron chi connectivity index (χ3n) is 2.68. The van der Waals surface area contributed by atoms with Crippen LogP contribution in [0.25, 0.3) is 5.69 Å². The SMILES string of the molecule is Clc1cccc(-n2cc(OC3CNC3)cn2)c1. The summed E-state index contributed by atoms with van der Waals surface area (Å²) in [6.45, 7) is 1.81. The first-order chi connectivity index (χ1) is 8.31. The maximum absolute atomic E-state index is 5.94. The Kier molecular flexibility index (Phi) is 2.74. The van der Waals surface area contributed by atoms with Gasteiger partial charge >= 0.3 is 0 Å². The number of nitrogens with zero attached hydrogens (tertiary/aromatic N) is 2. The fourth-order valence-corrected chi connectivity index (χ4v) is 1.85. The summed E-state index contributed by atoms with van der Waals surface area (Å²) in [7, 11) is 0. The van der Waals surface area contributed by atoms with Crippen molar-refractivity contribution in [3.63, 3.8) is 0 Å². The van der Waals surface area contributed by atoms with Gasteiger partial charge in [0, 0.05) is 18.1 Å². The minimum absolute atomic E-state index is 0.270. The Hall–Kier alpha value is -1.52. The van der Waals surface area contributed by atoms with Crippen molar-refractivity contribution in [1.82, 2.24) is 15.1 Å². The van der Waals surface area contributed by atoms with Crippen molar-refractivity contribution < 1.29 is 4.74 Å². The molecule has 0 atom stereocenters. The highest BCUT2D eigenvalue weighted by molar-refractivity contribution is 6.30. The standard InChI is InChI=1S/C12H12ClN3O/c13-9-2-1-3-10(4-9)16-8-12(7-15-16)17-11-5-14-6-11/h1-4,7-8,11,14H,5-6H2. The Bertz CT molecular complexity index is 522. The van der Waals surface area contributed by atoms with Gasteiger partial charge in [-0.05, 0) is 18.2 Å². The van der Waals surface area contributed by atoms with Gasteiger partial charge in [-0.25, -0.2) is 4.68 Å². The predicted octanol–water partition coefficient (Wildman–Crippen LogP) is 1.88. The Morgan fingerprint density at radius 1 is 1.41 bits per heavy atom. The molecular weight excluding hydrogens is 238 g/mol. The molecule has 1 aliphatic rings. The average molecular weight is 250 g/mol. The molecule has 2 heterocycles. The van der Waals surface area contributed by atoms with E-state index in [2.05, 4.69) is 10.4 Å². The molecule has 0 spiro atoms. The van der Waals surface area contributed by atoms with Crippen LogP contribution in [0.5, 0.6) is 5.75 Å². The summed E-state index contributed by atoms with van der Waals surface area (Å²) in [5, 5.41) is 8.11. The minimum Gasteiger partial charge on any atom is -0.484 e. The van der Waals surface area contributed by atoms with Crippen LogP contribution < -0.4 is 10.1 Å². The van der Waals surface area contributed by atoms with Crippen molar-refractivity contribution in [1.29, 1.82) is 0 Å². The summed E-state index contributed by atoms with van der Waals surface area (Å²) in [5.74, 6) is 0.788. The zero-order valence-electron chi connectivity index (χ0n) is 9.14. The first-order valence-corrected chi connectivity index (χ1v) is 5.87. The third kappa shape index (κ3) is 2.28. The molecule has 2 aromatic rings. The number of halogens is 1. The fraction of sp³-hybridized carbons (Fsp3) is 0.250. The first-order valence-electron chi connectivity index (χ1n) is 5.49. The molecule has 1 saturated heterocycles. The molecule has 0 bridgehead atoms. The lowest BCUT2D eigenvalue weighted by molar-refractivity contribution is 0.142. The molecule has 1 fully saturated rings. The van der Waals surface area contributed by atoms with E-state index in [4.69, 9.17) is 16.3 Å². The summed E-state index contributed by atoms with van der Waals surface area (Å²) >= 11 is 5.94. The van der Waals surface area contributed by atoms with E-state index in [1.165, 1.54) is 0 Å². The van der Waals surface area contributed by atoms with Gasteiger partial charge in [0.15, 0.2) is 5.75 Å². The van der Waals surface area contributed by atoms with E-state index in [1.807, 2.05) is 30.5 Å². The maximum Gasteiger partial charge on any atom is 0.158 e. The first kappa shape index (κ1) is 10.6. The van der Waals surface area contributed by atoms with E-state index in [0.717, 1.165) is 24.5 Å². The Morgan fingerprint density at radius 2 is 2.29 bits per heavy atom. The molecule has 0 aliphatic carbocycles. The highest BCUT2D eigenvalue weighted by Crippen LogP contribution is 2.18. The number of hydrogen-bond donors (Lipinski definition) is 1. The van der Waals surface area contributed by atoms with Crippen LogP contribution in [0.3, 0.4) is 0 Å². The zero-order chi connectivity index (χ0) is 11.7. The van der Waals surface area contributed by atoms with Gasteiger partial charge in [0.05, 0.1) is 18.1 Å². The molecule has 1 N–H and O–H groups in total. The number of aromatic nitrogens is 2. The van der Waals surface area contributed by atoms with Gasteiger partial charge in [0.25, 0.3) is 0 Å². The molecule has 4 nitrogen and oxygen atoms in total. The fourth-order valence-electron chi connectivity index (χ4n) is 1.66. The van der Waals surface area contributed by atoms with Crippen LogP contribution in [0.2, 0.25) is 5.02 Å². The Labute approximate surface area is 104 Å². The number of rotatable bonds is 3. The Morgan fingerprint density at radius 3 is 3.00 bits per heavy atom. The molecule has 17 heavy (non-hydrogen) atoms. The molecule has 1 aliphatic heterocycles. The van der Waals surface area contributed by atoms with E-state index >= 15 is 0 Å². The van der Waals surface area contributed by atoms with Crippen LogP contribution in [-0.2, 0) is 0 Å². The van der Waals surface area contributed by atoms with Crippen molar-refractivity contribution in [2.45, 2.75) is 6.10 Å². The summed E-state index contributed by atoms with van der Waals surface area (Å²) < 4.78 is 7.46. The van der Waals surface area contributed by atoms with Crippen LogP contribution in [-0.4, -0.2) is 29.0 Å². The molecule has 88 valence electrons. The van der Waals surface area contributed by atoms with Crippen molar-refractivity contribution in [2.24, 2.45) is 0 Å². The molecule has 0 unspecified atom stereocenters. The van der Waals surface area contributed by atoms with Crippen LogP contribution in [0.4, 0.5) is 0 Å². The predicted molar refractivity (Wildman–Crippen MR) is 65.9 cm³/mol. The van der Waals surface area contributed by atoms with Gasteiger partial charge in [0.1, 0.15) is 6.10 Å². The maximum atomic E-state index is 5.94. The quantitative estimate of drug-likeness (QED) is 0.903. The van der Waals surface area contributed by atoms with Crippen molar-refractivity contribution in [2.75, 3.05) is 13.1 Å². The van der Waals surface area contributed by atoms with Crippen molar-refractivity contribution >= 4 is 11.6 Å². The van der Waals surface area contributed by atoms with E-state index in [0.29, 0.717) is 5.02 Å². The third-order valence-corrected chi connectivity index (χ3v) is 2.91. The second-order valence-corrected chi connectivity index (χ2v) is 4.44. The van der Waals surface area contributed by atoms with Crippen LogP contribution in [0.15, 0.2) is 36.7 Å².